The lowest BCUT2D eigenvalue weighted by atomic mass is 10.2. The van der Waals surface area contributed by atoms with Crippen molar-refractivity contribution in [1.29, 1.82) is 0 Å². The van der Waals surface area contributed by atoms with Crippen LogP contribution in [0, 0.1) is 6.92 Å². The lowest BCUT2D eigenvalue weighted by Gasteiger charge is -2.07. The molecule has 0 atom stereocenters. The number of fused-ring (bicyclic) bond motifs is 1. The van der Waals surface area contributed by atoms with Gasteiger partial charge in [-0.3, -0.25) is 0 Å². The number of hydrogen-bond acceptors (Lipinski definition) is 4. The average Bonchev–Trinajstić information content (AvgIpc) is 2.89. The predicted octanol–water partition coefficient (Wildman–Crippen LogP) is 3.58. The van der Waals surface area contributed by atoms with Crippen molar-refractivity contribution in [2.75, 3.05) is 0 Å². The Kier molecular flexibility index (Phi) is 2.94. The van der Waals surface area contributed by atoms with Crippen LogP contribution in [0.1, 0.15) is 10.7 Å². The number of aryl methyl sites for hydroxylation is 1. The molecule has 3 aromatic rings. The zero-order chi connectivity index (χ0) is 12.4. The van der Waals surface area contributed by atoms with Crippen LogP contribution in [0.3, 0.4) is 0 Å². The molecule has 0 unspecified atom stereocenters. The van der Waals surface area contributed by atoms with E-state index < -0.39 is 0 Å². The maximum absolute atomic E-state index is 5.80. The van der Waals surface area contributed by atoms with Crippen molar-refractivity contribution < 1.29 is 4.74 Å². The summed E-state index contributed by atoms with van der Waals surface area (Å²) < 4.78 is 5.80. The normalized spacial score (nSPS) is 10.7. The molecule has 0 saturated heterocycles. The van der Waals surface area contributed by atoms with Crippen LogP contribution in [0.5, 0.6) is 5.75 Å². The summed E-state index contributed by atoms with van der Waals surface area (Å²) in [5.74, 6) is 0.811. The zero-order valence-electron chi connectivity index (χ0n) is 9.96. The van der Waals surface area contributed by atoms with E-state index in [2.05, 4.69) is 16.0 Å². The van der Waals surface area contributed by atoms with E-state index in [1.54, 1.807) is 17.5 Å². The third-order valence-corrected chi connectivity index (χ3v) is 3.41. The van der Waals surface area contributed by atoms with Crippen LogP contribution in [-0.4, -0.2) is 9.97 Å². The Morgan fingerprint density at radius 1 is 1.22 bits per heavy atom. The van der Waals surface area contributed by atoms with E-state index in [1.165, 1.54) is 0 Å². The Bertz CT molecular complexity index is 665. The highest BCUT2D eigenvalue weighted by molar-refractivity contribution is 7.09. The number of benzene rings is 1. The number of nitrogens with zero attached hydrogens (tertiary/aromatic N) is 2. The number of hydrogen-bond donors (Lipinski definition) is 0. The fraction of sp³-hybridized carbons (Fsp3) is 0.143. The Morgan fingerprint density at radius 3 is 3.00 bits per heavy atom. The van der Waals surface area contributed by atoms with E-state index in [9.17, 15) is 0 Å². The highest BCUT2D eigenvalue weighted by Crippen LogP contribution is 2.24. The Labute approximate surface area is 109 Å². The molecule has 3 rings (SSSR count). The van der Waals surface area contributed by atoms with Crippen molar-refractivity contribution in [1.82, 2.24) is 9.97 Å². The van der Waals surface area contributed by atoms with E-state index in [4.69, 9.17) is 4.74 Å². The summed E-state index contributed by atoms with van der Waals surface area (Å²) in [7, 11) is 0. The first kappa shape index (κ1) is 11.2. The Hall–Kier alpha value is -1.94. The summed E-state index contributed by atoms with van der Waals surface area (Å²) in [4.78, 5) is 8.74. The van der Waals surface area contributed by atoms with Crippen LogP contribution in [0.2, 0.25) is 0 Å². The van der Waals surface area contributed by atoms with Crippen LogP contribution in [0.15, 0.2) is 41.9 Å². The summed E-state index contributed by atoms with van der Waals surface area (Å²) >= 11 is 1.59. The standard InChI is InChI=1S/C14H12N2OS/c1-10-5-6-11-3-2-4-12(14(11)16-10)17-9-13-15-7-8-18-13/h2-8H,9H2,1H3. The molecule has 90 valence electrons. The smallest absolute Gasteiger partial charge is 0.146 e. The predicted molar refractivity (Wildman–Crippen MR) is 72.9 cm³/mol. The SMILES string of the molecule is Cc1ccc2cccc(OCc3nccs3)c2n1. The summed E-state index contributed by atoms with van der Waals surface area (Å²) in [5.41, 5.74) is 1.90. The van der Waals surface area contributed by atoms with E-state index in [-0.39, 0.29) is 0 Å². The van der Waals surface area contributed by atoms with Crippen LogP contribution >= 0.6 is 11.3 Å². The molecule has 18 heavy (non-hydrogen) atoms. The van der Waals surface area contributed by atoms with E-state index in [0.29, 0.717) is 6.61 Å². The molecule has 0 amide bonds. The van der Waals surface area contributed by atoms with Gasteiger partial charge in [0.25, 0.3) is 0 Å². The molecular formula is C14H12N2OS. The van der Waals surface area contributed by atoms with Crippen LogP contribution in [0.25, 0.3) is 10.9 Å². The topological polar surface area (TPSA) is 35.0 Å². The fourth-order valence-electron chi connectivity index (χ4n) is 1.80. The second kappa shape index (κ2) is 4.74. The van der Waals surface area contributed by atoms with Gasteiger partial charge in [-0.25, -0.2) is 9.97 Å². The first-order valence-electron chi connectivity index (χ1n) is 5.70. The summed E-state index contributed by atoms with van der Waals surface area (Å²) in [5, 5.41) is 4.02. The van der Waals surface area contributed by atoms with Gasteiger partial charge in [-0.05, 0) is 19.1 Å². The number of ether oxygens (including phenoxy) is 1. The quantitative estimate of drug-likeness (QED) is 0.718. The summed E-state index contributed by atoms with van der Waals surface area (Å²) in [6.45, 7) is 2.48. The van der Waals surface area contributed by atoms with Gasteiger partial charge in [0, 0.05) is 22.7 Å². The third-order valence-electron chi connectivity index (χ3n) is 2.66. The molecule has 0 fully saturated rings. The maximum atomic E-state index is 5.80. The van der Waals surface area contributed by atoms with Gasteiger partial charge >= 0.3 is 0 Å². The monoisotopic (exact) mass is 256 g/mol. The number of aromatic nitrogens is 2. The van der Waals surface area contributed by atoms with Gasteiger partial charge in [-0.2, -0.15) is 0 Å². The molecule has 4 heteroatoms. The lowest BCUT2D eigenvalue weighted by molar-refractivity contribution is 0.308. The van der Waals surface area contributed by atoms with Gasteiger partial charge in [-0.15, -0.1) is 11.3 Å². The minimum atomic E-state index is 0.492. The van der Waals surface area contributed by atoms with Crippen molar-refractivity contribution in [3.63, 3.8) is 0 Å². The summed E-state index contributed by atoms with van der Waals surface area (Å²) in [6.07, 6.45) is 1.79. The van der Waals surface area contributed by atoms with E-state index in [0.717, 1.165) is 27.4 Å². The van der Waals surface area contributed by atoms with Crippen molar-refractivity contribution in [2.24, 2.45) is 0 Å². The minimum absolute atomic E-state index is 0.492. The van der Waals surface area contributed by atoms with Gasteiger partial charge in [0.05, 0.1) is 0 Å². The highest BCUT2D eigenvalue weighted by Gasteiger charge is 2.05. The fourth-order valence-corrected chi connectivity index (χ4v) is 2.33. The second-order valence-electron chi connectivity index (χ2n) is 4.00. The van der Waals surface area contributed by atoms with Crippen LogP contribution in [0.4, 0.5) is 0 Å². The molecule has 0 bridgehead atoms. The van der Waals surface area contributed by atoms with Crippen molar-refractivity contribution in [3.8, 4) is 5.75 Å². The van der Waals surface area contributed by atoms with Crippen molar-refractivity contribution >= 4 is 22.2 Å². The van der Waals surface area contributed by atoms with Crippen LogP contribution in [-0.2, 0) is 6.61 Å². The van der Waals surface area contributed by atoms with Gasteiger partial charge < -0.3 is 4.74 Å². The molecule has 1 aromatic carbocycles. The molecule has 0 aliphatic heterocycles. The van der Waals surface area contributed by atoms with Gasteiger partial charge in [0.15, 0.2) is 0 Å². The van der Waals surface area contributed by atoms with E-state index >= 15 is 0 Å². The lowest BCUT2D eigenvalue weighted by Crippen LogP contribution is -1.96. The minimum Gasteiger partial charge on any atom is -0.484 e. The molecule has 0 aliphatic rings. The Morgan fingerprint density at radius 2 is 2.17 bits per heavy atom. The van der Waals surface area contributed by atoms with E-state index in [1.807, 2.05) is 36.6 Å². The first-order valence-corrected chi connectivity index (χ1v) is 6.58. The molecule has 0 radical (unpaired) electrons. The van der Waals surface area contributed by atoms with Crippen LogP contribution < -0.4 is 4.74 Å². The number of rotatable bonds is 3. The maximum Gasteiger partial charge on any atom is 0.146 e. The number of thiazole rings is 1. The largest absolute Gasteiger partial charge is 0.484 e. The van der Waals surface area contributed by atoms with Crippen molar-refractivity contribution in [2.45, 2.75) is 13.5 Å². The number of para-hydroxylation sites is 1. The van der Waals surface area contributed by atoms with Crippen molar-refractivity contribution in [3.05, 3.63) is 52.6 Å². The third kappa shape index (κ3) is 2.19. The second-order valence-corrected chi connectivity index (χ2v) is 4.97. The average molecular weight is 256 g/mol. The summed E-state index contributed by atoms with van der Waals surface area (Å²) in [6, 6.07) is 10.0. The van der Waals surface area contributed by atoms with Gasteiger partial charge in [0.2, 0.25) is 0 Å². The van der Waals surface area contributed by atoms with Gasteiger partial charge in [-0.1, -0.05) is 18.2 Å². The molecule has 0 spiro atoms. The molecule has 0 saturated carbocycles. The number of pyridine rings is 1. The molecular weight excluding hydrogens is 244 g/mol. The Balaban J connectivity index is 1.93. The molecule has 3 nitrogen and oxygen atoms in total. The molecule has 0 N–H and O–H groups in total. The molecule has 2 aromatic heterocycles. The first-order chi connectivity index (χ1) is 8.83. The van der Waals surface area contributed by atoms with Gasteiger partial charge in [0.1, 0.15) is 22.9 Å². The molecule has 0 aliphatic carbocycles. The zero-order valence-corrected chi connectivity index (χ0v) is 10.8. The molecule has 2 heterocycles. The highest BCUT2D eigenvalue weighted by atomic mass is 32.1.